The fraction of sp³-hybridized carbons (Fsp3) is 0.600. The summed E-state index contributed by atoms with van der Waals surface area (Å²) in [4.78, 5) is 0. The van der Waals surface area contributed by atoms with Gasteiger partial charge in [0.15, 0.2) is 0 Å². The molecule has 0 fully saturated rings. The van der Waals surface area contributed by atoms with Crippen molar-refractivity contribution in [1.29, 1.82) is 0 Å². The van der Waals surface area contributed by atoms with E-state index in [2.05, 4.69) is 22.6 Å². The molecule has 0 saturated heterocycles. The van der Waals surface area contributed by atoms with Gasteiger partial charge >= 0.3 is 0 Å². The topological polar surface area (TPSA) is 15.3 Å². The van der Waals surface area contributed by atoms with Gasteiger partial charge in [0.05, 0.1) is 0 Å². The van der Waals surface area contributed by atoms with Gasteiger partial charge in [0.2, 0.25) is 0 Å². The third kappa shape index (κ3) is 1.01. The molecule has 7 heavy (non-hydrogen) atoms. The summed E-state index contributed by atoms with van der Waals surface area (Å²) in [6.45, 7) is 2.10. The van der Waals surface area contributed by atoms with E-state index < -0.39 is 0 Å². The maximum atomic E-state index is 3.03. The summed E-state index contributed by atoms with van der Waals surface area (Å²) in [5.41, 5.74) is 3.03. The van der Waals surface area contributed by atoms with Gasteiger partial charge in [0.25, 0.3) is 0 Å². The van der Waals surface area contributed by atoms with Crippen LogP contribution in [0, 0.1) is 0 Å². The average Bonchev–Trinajstić information content (AvgIpc) is 2.14. The second-order valence-electron chi connectivity index (χ2n) is 1.60. The van der Waals surface area contributed by atoms with Gasteiger partial charge in [0, 0.05) is 13.1 Å². The number of hydrogen-bond acceptors (Lipinski definition) is 2. The summed E-state index contributed by atoms with van der Waals surface area (Å²) in [6.07, 6.45) is 4.30. The van der Waals surface area contributed by atoms with E-state index in [0.717, 1.165) is 13.1 Å². The SMILES string of the molecule is CNN1CC=CC1. The Balaban J connectivity index is 2.22. The van der Waals surface area contributed by atoms with Crippen LogP contribution < -0.4 is 5.43 Å². The van der Waals surface area contributed by atoms with Crippen molar-refractivity contribution in [2.45, 2.75) is 0 Å². The van der Waals surface area contributed by atoms with E-state index in [1.165, 1.54) is 0 Å². The van der Waals surface area contributed by atoms with E-state index >= 15 is 0 Å². The Morgan fingerprint density at radius 3 is 2.29 bits per heavy atom. The van der Waals surface area contributed by atoms with E-state index in [9.17, 15) is 0 Å². The van der Waals surface area contributed by atoms with Crippen molar-refractivity contribution in [3.05, 3.63) is 12.2 Å². The number of nitrogens with one attached hydrogen (secondary N) is 1. The van der Waals surface area contributed by atoms with Crippen molar-refractivity contribution in [2.24, 2.45) is 0 Å². The third-order valence-corrected chi connectivity index (χ3v) is 1.13. The normalized spacial score (nSPS) is 21.3. The summed E-state index contributed by atoms with van der Waals surface area (Å²) in [7, 11) is 1.94. The summed E-state index contributed by atoms with van der Waals surface area (Å²) >= 11 is 0. The monoisotopic (exact) mass is 98.1 g/mol. The minimum absolute atomic E-state index is 1.05. The highest BCUT2D eigenvalue weighted by Gasteiger charge is 1.99. The molecule has 2 nitrogen and oxygen atoms in total. The van der Waals surface area contributed by atoms with Crippen molar-refractivity contribution >= 4 is 0 Å². The zero-order valence-corrected chi connectivity index (χ0v) is 4.52. The molecule has 0 aromatic rings. The Hall–Kier alpha value is -0.340. The van der Waals surface area contributed by atoms with Crippen LogP contribution in [-0.2, 0) is 0 Å². The zero-order chi connectivity index (χ0) is 5.11. The summed E-state index contributed by atoms with van der Waals surface area (Å²) in [5.74, 6) is 0. The summed E-state index contributed by atoms with van der Waals surface area (Å²) in [6, 6.07) is 0. The van der Waals surface area contributed by atoms with Crippen LogP contribution in [0.4, 0.5) is 0 Å². The van der Waals surface area contributed by atoms with Crippen molar-refractivity contribution in [2.75, 3.05) is 20.1 Å². The highest BCUT2D eigenvalue weighted by Crippen LogP contribution is 1.90. The smallest absolute Gasteiger partial charge is 0.0315 e. The van der Waals surface area contributed by atoms with E-state index in [0.29, 0.717) is 0 Å². The molecular weight excluding hydrogens is 88.1 g/mol. The largest absolute Gasteiger partial charge is 0.258 e. The molecule has 0 saturated carbocycles. The molecule has 40 valence electrons. The molecule has 0 radical (unpaired) electrons. The van der Waals surface area contributed by atoms with Crippen LogP contribution in [0.2, 0.25) is 0 Å². The standard InChI is InChI=1S/C5H10N2/c1-6-7-4-2-3-5-7/h2-3,6H,4-5H2,1H3. The van der Waals surface area contributed by atoms with Crippen molar-refractivity contribution in [1.82, 2.24) is 10.4 Å². The van der Waals surface area contributed by atoms with Crippen LogP contribution in [0.15, 0.2) is 12.2 Å². The van der Waals surface area contributed by atoms with Gasteiger partial charge in [0.1, 0.15) is 0 Å². The predicted octanol–water partition coefficient (Wildman–Crippen LogP) is -0.00740. The molecule has 0 amide bonds. The molecule has 0 atom stereocenters. The van der Waals surface area contributed by atoms with Gasteiger partial charge in [-0.2, -0.15) is 0 Å². The lowest BCUT2D eigenvalue weighted by Crippen LogP contribution is -2.31. The first kappa shape index (κ1) is 4.81. The Bertz CT molecular complexity index is 70.1. The molecule has 0 spiro atoms. The molecule has 0 aromatic heterocycles. The first-order valence-electron chi connectivity index (χ1n) is 2.51. The van der Waals surface area contributed by atoms with E-state index in [4.69, 9.17) is 0 Å². The Labute approximate surface area is 43.8 Å². The molecule has 0 bridgehead atoms. The fourth-order valence-corrected chi connectivity index (χ4v) is 0.661. The predicted molar refractivity (Wildman–Crippen MR) is 29.8 cm³/mol. The van der Waals surface area contributed by atoms with E-state index in [-0.39, 0.29) is 0 Å². The van der Waals surface area contributed by atoms with Crippen LogP contribution in [0.1, 0.15) is 0 Å². The lowest BCUT2D eigenvalue weighted by molar-refractivity contribution is 0.274. The third-order valence-electron chi connectivity index (χ3n) is 1.13. The lowest BCUT2D eigenvalue weighted by atomic mass is 10.6. The Morgan fingerprint density at radius 2 is 2.00 bits per heavy atom. The molecule has 0 aliphatic carbocycles. The molecule has 0 aromatic carbocycles. The van der Waals surface area contributed by atoms with Crippen LogP contribution >= 0.6 is 0 Å². The van der Waals surface area contributed by atoms with Gasteiger partial charge in [-0.05, 0) is 7.05 Å². The summed E-state index contributed by atoms with van der Waals surface area (Å²) in [5, 5.41) is 2.12. The quantitative estimate of drug-likeness (QED) is 0.464. The van der Waals surface area contributed by atoms with E-state index in [1.54, 1.807) is 0 Å². The van der Waals surface area contributed by atoms with Crippen molar-refractivity contribution in [3.63, 3.8) is 0 Å². The number of hydrazine groups is 1. The Kier molecular flexibility index (Phi) is 1.44. The van der Waals surface area contributed by atoms with Crippen LogP contribution in [0.5, 0.6) is 0 Å². The highest BCUT2D eigenvalue weighted by molar-refractivity contribution is 4.93. The summed E-state index contributed by atoms with van der Waals surface area (Å²) < 4.78 is 0. The highest BCUT2D eigenvalue weighted by atomic mass is 15.5. The van der Waals surface area contributed by atoms with Gasteiger partial charge < -0.3 is 0 Å². The minimum Gasteiger partial charge on any atom is -0.258 e. The van der Waals surface area contributed by atoms with Crippen LogP contribution in [-0.4, -0.2) is 25.1 Å². The Morgan fingerprint density at radius 1 is 1.43 bits per heavy atom. The number of nitrogens with zero attached hydrogens (tertiary/aromatic N) is 1. The second kappa shape index (κ2) is 2.09. The number of rotatable bonds is 1. The minimum atomic E-state index is 1.05. The lowest BCUT2D eigenvalue weighted by Gasteiger charge is -2.10. The maximum Gasteiger partial charge on any atom is 0.0315 e. The van der Waals surface area contributed by atoms with Crippen LogP contribution in [0.25, 0.3) is 0 Å². The molecule has 0 unspecified atom stereocenters. The first-order valence-corrected chi connectivity index (χ1v) is 2.51. The molecule has 1 aliphatic rings. The average molecular weight is 98.1 g/mol. The second-order valence-corrected chi connectivity index (χ2v) is 1.60. The van der Waals surface area contributed by atoms with Crippen molar-refractivity contribution in [3.8, 4) is 0 Å². The maximum absolute atomic E-state index is 3.03. The van der Waals surface area contributed by atoms with Gasteiger partial charge in [-0.25, -0.2) is 5.01 Å². The van der Waals surface area contributed by atoms with Gasteiger partial charge in [-0.3, -0.25) is 5.43 Å². The molecule has 1 heterocycles. The molecule has 1 N–H and O–H groups in total. The van der Waals surface area contributed by atoms with Gasteiger partial charge in [-0.1, -0.05) is 12.2 Å². The fourth-order valence-electron chi connectivity index (χ4n) is 0.661. The molecular formula is C5H10N2. The van der Waals surface area contributed by atoms with E-state index in [1.807, 2.05) is 7.05 Å². The van der Waals surface area contributed by atoms with Crippen LogP contribution in [0.3, 0.4) is 0 Å². The molecule has 1 aliphatic heterocycles. The number of hydrogen-bond donors (Lipinski definition) is 1. The molecule has 1 rings (SSSR count). The van der Waals surface area contributed by atoms with Gasteiger partial charge in [-0.15, -0.1) is 0 Å². The molecule has 2 heteroatoms. The van der Waals surface area contributed by atoms with Crippen molar-refractivity contribution < 1.29 is 0 Å². The zero-order valence-electron chi connectivity index (χ0n) is 4.52. The first-order chi connectivity index (χ1) is 3.43.